The number of carbonyl (C=O) groups is 1. The number of benzene rings is 1. The third-order valence-electron chi connectivity index (χ3n) is 4.38. The van der Waals surface area contributed by atoms with Crippen LogP contribution in [0, 0.1) is 5.92 Å². The Kier molecular flexibility index (Phi) is 4.53. The van der Waals surface area contributed by atoms with Crippen molar-refractivity contribution in [3.63, 3.8) is 0 Å². The van der Waals surface area contributed by atoms with Gasteiger partial charge in [0.2, 0.25) is 0 Å². The highest BCUT2D eigenvalue weighted by Gasteiger charge is 2.27. The Morgan fingerprint density at radius 3 is 2.65 bits per heavy atom. The molecule has 1 N–H and O–H groups in total. The number of rotatable bonds is 4. The third-order valence-corrected chi connectivity index (χ3v) is 4.38. The molecule has 2 atom stereocenters. The van der Waals surface area contributed by atoms with Crippen LogP contribution in [0.5, 0.6) is 5.75 Å². The second kappa shape index (κ2) is 6.16. The summed E-state index contributed by atoms with van der Waals surface area (Å²) in [5.41, 5.74) is 1.08. The summed E-state index contributed by atoms with van der Waals surface area (Å²) in [6.07, 6.45) is 4.82. The molecule has 1 saturated carbocycles. The van der Waals surface area contributed by atoms with E-state index in [2.05, 4.69) is 11.8 Å². The van der Waals surface area contributed by atoms with Gasteiger partial charge >= 0.3 is 5.97 Å². The summed E-state index contributed by atoms with van der Waals surface area (Å²) in [7, 11) is 3.59. The van der Waals surface area contributed by atoms with Crippen molar-refractivity contribution in [3.05, 3.63) is 23.8 Å². The Bertz CT molecular complexity index is 487. The Hall–Kier alpha value is -1.71. The van der Waals surface area contributed by atoms with E-state index in [-0.39, 0.29) is 0 Å². The summed E-state index contributed by atoms with van der Waals surface area (Å²) in [5.74, 6) is 0.389. The lowest BCUT2D eigenvalue weighted by molar-refractivity contribution is 0.0697. The maximum Gasteiger partial charge on any atom is 0.337 e. The fraction of sp³-hybridized carbons (Fsp3) is 0.562. The van der Waals surface area contributed by atoms with E-state index < -0.39 is 5.97 Å². The number of nitrogens with zero attached hydrogens (tertiary/aromatic N) is 1. The zero-order valence-electron chi connectivity index (χ0n) is 12.4. The first-order valence-electron chi connectivity index (χ1n) is 7.18. The zero-order valence-corrected chi connectivity index (χ0v) is 12.4. The molecule has 0 aliphatic heterocycles. The molecule has 2 unspecified atom stereocenters. The number of hydrogen-bond donors (Lipinski definition) is 1. The number of hydrogen-bond acceptors (Lipinski definition) is 3. The molecule has 1 aliphatic rings. The summed E-state index contributed by atoms with van der Waals surface area (Å²) < 4.78 is 5.23. The van der Waals surface area contributed by atoms with E-state index in [0.29, 0.717) is 23.3 Å². The molecule has 1 fully saturated rings. The minimum Gasteiger partial charge on any atom is -0.497 e. The monoisotopic (exact) mass is 277 g/mol. The lowest BCUT2D eigenvalue weighted by atomic mass is 9.84. The predicted molar refractivity (Wildman–Crippen MR) is 79.8 cm³/mol. The van der Waals surface area contributed by atoms with Crippen LogP contribution < -0.4 is 9.64 Å². The molecule has 0 saturated heterocycles. The molecule has 0 bridgehead atoms. The third kappa shape index (κ3) is 2.89. The molecular weight excluding hydrogens is 254 g/mol. The second-order valence-corrected chi connectivity index (χ2v) is 5.63. The quantitative estimate of drug-likeness (QED) is 0.916. The molecule has 20 heavy (non-hydrogen) atoms. The number of anilines is 1. The lowest BCUT2D eigenvalue weighted by Crippen LogP contribution is -2.39. The van der Waals surface area contributed by atoms with Crippen molar-refractivity contribution in [2.24, 2.45) is 5.92 Å². The highest BCUT2D eigenvalue weighted by Crippen LogP contribution is 2.33. The first-order valence-corrected chi connectivity index (χ1v) is 7.18. The van der Waals surface area contributed by atoms with Gasteiger partial charge in [0, 0.05) is 19.2 Å². The normalized spacial score (nSPS) is 22.4. The molecule has 4 heteroatoms. The Morgan fingerprint density at radius 1 is 1.35 bits per heavy atom. The van der Waals surface area contributed by atoms with Gasteiger partial charge in [-0.2, -0.15) is 0 Å². The maximum absolute atomic E-state index is 11.4. The average Bonchev–Trinajstić information content (AvgIpc) is 2.46. The largest absolute Gasteiger partial charge is 0.497 e. The van der Waals surface area contributed by atoms with Gasteiger partial charge in [0.1, 0.15) is 5.75 Å². The molecule has 0 amide bonds. The number of ether oxygens (including phenoxy) is 1. The van der Waals surface area contributed by atoms with Crippen LogP contribution in [-0.2, 0) is 0 Å². The average molecular weight is 277 g/mol. The van der Waals surface area contributed by atoms with E-state index in [1.165, 1.54) is 19.3 Å². The van der Waals surface area contributed by atoms with Gasteiger partial charge in [-0.3, -0.25) is 0 Å². The summed E-state index contributed by atoms with van der Waals surface area (Å²) >= 11 is 0. The summed E-state index contributed by atoms with van der Waals surface area (Å²) in [5, 5.41) is 9.37. The SMILES string of the molecule is COc1ccc(C(=O)O)c(N(C)C2CCCCC2C)c1. The van der Waals surface area contributed by atoms with Gasteiger partial charge in [-0.05, 0) is 30.9 Å². The van der Waals surface area contributed by atoms with Crippen LogP contribution in [0.15, 0.2) is 18.2 Å². The molecule has 110 valence electrons. The molecule has 1 aliphatic carbocycles. The van der Waals surface area contributed by atoms with Crippen LogP contribution in [0.3, 0.4) is 0 Å². The van der Waals surface area contributed by atoms with Crippen LogP contribution >= 0.6 is 0 Å². The van der Waals surface area contributed by atoms with Crippen LogP contribution in [0.25, 0.3) is 0 Å². The van der Waals surface area contributed by atoms with Crippen LogP contribution in [0.2, 0.25) is 0 Å². The fourth-order valence-corrected chi connectivity index (χ4v) is 3.16. The van der Waals surface area contributed by atoms with E-state index in [1.54, 1.807) is 19.2 Å². The molecule has 1 aromatic carbocycles. The topological polar surface area (TPSA) is 49.8 Å². The Morgan fingerprint density at radius 2 is 2.05 bits per heavy atom. The second-order valence-electron chi connectivity index (χ2n) is 5.63. The highest BCUT2D eigenvalue weighted by atomic mass is 16.5. The van der Waals surface area contributed by atoms with Gasteiger partial charge in [-0.1, -0.05) is 19.8 Å². The number of carboxylic acids is 1. The van der Waals surface area contributed by atoms with Crippen molar-refractivity contribution < 1.29 is 14.6 Å². The van der Waals surface area contributed by atoms with Crippen LogP contribution in [0.4, 0.5) is 5.69 Å². The van der Waals surface area contributed by atoms with Crippen molar-refractivity contribution >= 4 is 11.7 Å². The number of methoxy groups -OCH3 is 1. The van der Waals surface area contributed by atoms with E-state index >= 15 is 0 Å². The van der Waals surface area contributed by atoms with E-state index in [4.69, 9.17) is 4.74 Å². The summed E-state index contributed by atoms with van der Waals surface area (Å²) in [6.45, 7) is 2.25. The van der Waals surface area contributed by atoms with Gasteiger partial charge in [0.05, 0.1) is 18.4 Å². The van der Waals surface area contributed by atoms with Gasteiger partial charge in [-0.15, -0.1) is 0 Å². The van der Waals surface area contributed by atoms with Gasteiger partial charge in [0.15, 0.2) is 0 Å². The van der Waals surface area contributed by atoms with Crippen molar-refractivity contribution in [2.75, 3.05) is 19.1 Å². The Balaban J connectivity index is 2.35. The standard InChI is InChI=1S/C16H23NO3/c1-11-6-4-5-7-14(11)17(2)15-10-12(20-3)8-9-13(15)16(18)19/h8-11,14H,4-7H2,1-3H3,(H,18,19). The first-order chi connectivity index (χ1) is 9.54. The van der Waals surface area contributed by atoms with Gasteiger partial charge < -0.3 is 14.7 Å². The number of aromatic carboxylic acids is 1. The minimum atomic E-state index is -0.891. The van der Waals surface area contributed by atoms with Gasteiger partial charge in [0.25, 0.3) is 0 Å². The molecule has 0 radical (unpaired) electrons. The van der Waals surface area contributed by atoms with E-state index in [0.717, 1.165) is 12.1 Å². The summed E-state index contributed by atoms with van der Waals surface area (Å²) in [6, 6.07) is 5.55. The lowest BCUT2D eigenvalue weighted by Gasteiger charge is -2.38. The van der Waals surface area contributed by atoms with E-state index in [1.807, 2.05) is 13.1 Å². The fourth-order valence-electron chi connectivity index (χ4n) is 3.16. The van der Waals surface area contributed by atoms with E-state index in [9.17, 15) is 9.90 Å². The van der Waals surface area contributed by atoms with Gasteiger partial charge in [-0.25, -0.2) is 4.79 Å². The van der Waals surface area contributed by atoms with Crippen LogP contribution in [0.1, 0.15) is 43.0 Å². The molecule has 4 nitrogen and oxygen atoms in total. The smallest absolute Gasteiger partial charge is 0.337 e. The molecule has 1 aromatic rings. The molecule has 2 rings (SSSR count). The maximum atomic E-state index is 11.4. The number of carboxylic acid groups (broad SMARTS) is 1. The molecule has 0 aromatic heterocycles. The van der Waals surface area contributed by atoms with Crippen molar-refractivity contribution in [2.45, 2.75) is 38.6 Å². The predicted octanol–water partition coefficient (Wildman–Crippen LogP) is 3.41. The molecule has 0 spiro atoms. The highest BCUT2D eigenvalue weighted by molar-refractivity contribution is 5.94. The summed E-state index contributed by atoms with van der Waals surface area (Å²) in [4.78, 5) is 13.5. The first kappa shape index (κ1) is 14.7. The van der Waals surface area contributed by atoms with Crippen LogP contribution in [-0.4, -0.2) is 31.3 Å². The molecule has 0 heterocycles. The molecular formula is C16H23NO3. The Labute approximate surface area is 120 Å². The van der Waals surface area contributed by atoms with Crippen molar-refractivity contribution in [1.29, 1.82) is 0 Å². The zero-order chi connectivity index (χ0) is 14.7. The van der Waals surface area contributed by atoms with Crippen molar-refractivity contribution in [3.8, 4) is 5.75 Å². The minimum absolute atomic E-state index is 0.339. The van der Waals surface area contributed by atoms with Crippen molar-refractivity contribution in [1.82, 2.24) is 0 Å².